The van der Waals surface area contributed by atoms with Crippen LogP contribution >= 0.6 is 0 Å². The fraction of sp³-hybridized carbons (Fsp3) is 0.538. The van der Waals surface area contributed by atoms with E-state index in [4.69, 9.17) is 4.98 Å². The molecule has 1 aromatic carbocycles. The molecule has 6 heteroatoms. The first-order valence-corrected chi connectivity index (χ1v) is 12.2. The summed E-state index contributed by atoms with van der Waals surface area (Å²) in [5.74, 6) is 1.99. The molecule has 0 radical (unpaired) electrons. The van der Waals surface area contributed by atoms with Crippen molar-refractivity contribution in [2.45, 2.75) is 57.7 Å². The van der Waals surface area contributed by atoms with Crippen LogP contribution in [-0.4, -0.2) is 55.1 Å². The number of hydrogen-bond donors (Lipinski definition) is 2. The highest BCUT2D eigenvalue weighted by molar-refractivity contribution is 5.79. The smallest absolute Gasteiger partial charge is 0.191 e. The van der Waals surface area contributed by atoms with Gasteiger partial charge in [0, 0.05) is 58.6 Å². The Labute approximate surface area is 193 Å². The Hall–Kier alpha value is -2.60. The van der Waals surface area contributed by atoms with Crippen molar-refractivity contribution in [1.82, 2.24) is 20.5 Å². The van der Waals surface area contributed by atoms with Crippen LogP contribution in [0, 0.1) is 0 Å². The van der Waals surface area contributed by atoms with Crippen LogP contribution in [0.25, 0.3) is 0 Å². The highest BCUT2D eigenvalue weighted by Gasteiger charge is 2.20. The first-order chi connectivity index (χ1) is 15.8. The minimum Gasteiger partial charge on any atom is -0.357 e. The molecule has 2 N–H and O–H groups in total. The maximum atomic E-state index is 4.73. The Balaban J connectivity index is 1.20. The van der Waals surface area contributed by atoms with Gasteiger partial charge in [-0.05, 0) is 42.9 Å². The molecule has 0 unspecified atom stereocenters. The number of benzene rings is 1. The second-order valence-corrected chi connectivity index (χ2v) is 9.03. The second-order valence-electron chi connectivity index (χ2n) is 9.03. The zero-order valence-electron chi connectivity index (χ0n) is 19.5. The van der Waals surface area contributed by atoms with E-state index >= 15 is 0 Å². The minimum absolute atomic E-state index is 0.469. The first-order valence-electron chi connectivity index (χ1n) is 12.2. The molecule has 0 saturated carbocycles. The van der Waals surface area contributed by atoms with Gasteiger partial charge in [0.15, 0.2) is 5.96 Å². The minimum atomic E-state index is 0.469. The molecular weight excluding hydrogens is 396 g/mol. The molecule has 172 valence electrons. The summed E-state index contributed by atoms with van der Waals surface area (Å²) in [5.41, 5.74) is 2.58. The van der Waals surface area contributed by atoms with Crippen LogP contribution in [0.3, 0.4) is 0 Å². The normalized spacial score (nSPS) is 18.9. The molecule has 4 rings (SSSR count). The Morgan fingerprint density at radius 3 is 2.34 bits per heavy atom. The Morgan fingerprint density at radius 2 is 1.69 bits per heavy atom. The van der Waals surface area contributed by atoms with Crippen molar-refractivity contribution in [3.63, 3.8) is 0 Å². The maximum absolute atomic E-state index is 4.73. The van der Waals surface area contributed by atoms with Crippen LogP contribution in [-0.2, 0) is 13.1 Å². The van der Waals surface area contributed by atoms with Crippen LogP contribution in [0.2, 0.25) is 0 Å². The Kier molecular flexibility index (Phi) is 8.37. The molecular formula is C26H38N6. The fourth-order valence-electron chi connectivity index (χ4n) is 4.66. The number of likely N-dealkylation sites (tertiary alicyclic amines) is 1. The number of nitrogens with zero attached hydrogens (tertiary/aromatic N) is 4. The Bertz CT molecular complexity index is 819. The summed E-state index contributed by atoms with van der Waals surface area (Å²) in [6, 6.07) is 15.6. The van der Waals surface area contributed by atoms with E-state index < -0.39 is 0 Å². The van der Waals surface area contributed by atoms with Gasteiger partial charge in [-0.3, -0.25) is 9.89 Å². The molecule has 2 aliphatic heterocycles. The van der Waals surface area contributed by atoms with E-state index in [0.29, 0.717) is 6.04 Å². The first kappa shape index (κ1) is 22.6. The molecule has 2 fully saturated rings. The predicted octanol–water partition coefficient (Wildman–Crippen LogP) is 3.79. The highest BCUT2D eigenvalue weighted by atomic mass is 15.2. The summed E-state index contributed by atoms with van der Waals surface area (Å²) < 4.78 is 0. The van der Waals surface area contributed by atoms with E-state index in [0.717, 1.165) is 63.9 Å². The van der Waals surface area contributed by atoms with Crippen molar-refractivity contribution in [3.8, 4) is 0 Å². The van der Waals surface area contributed by atoms with Crippen LogP contribution in [0.5, 0.6) is 0 Å². The van der Waals surface area contributed by atoms with Gasteiger partial charge in [0.05, 0.1) is 0 Å². The molecule has 3 heterocycles. The monoisotopic (exact) mass is 434 g/mol. The third-order valence-corrected chi connectivity index (χ3v) is 6.60. The van der Waals surface area contributed by atoms with Crippen LogP contribution < -0.4 is 15.5 Å². The number of nitrogens with one attached hydrogen (secondary N) is 2. The molecule has 0 spiro atoms. The van der Waals surface area contributed by atoms with Gasteiger partial charge in [0.25, 0.3) is 0 Å². The van der Waals surface area contributed by atoms with Crippen molar-refractivity contribution in [2.24, 2.45) is 4.99 Å². The molecule has 1 aromatic heterocycles. The van der Waals surface area contributed by atoms with Gasteiger partial charge >= 0.3 is 0 Å². The molecule has 0 aliphatic carbocycles. The zero-order valence-corrected chi connectivity index (χ0v) is 19.5. The van der Waals surface area contributed by atoms with Gasteiger partial charge in [-0.1, -0.05) is 49.2 Å². The van der Waals surface area contributed by atoms with Crippen molar-refractivity contribution in [1.29, 1.82) is 0 Å². The fourth-order valence-corrected chi connectivity index (χ4v) is 4.66. The summed E-state index contributed by atoms with van der Waals surface area (Å²) in [7, 11) is 1.85. The number of hydrogen-bond acceptors (Lipinski definition) is 4. The van der Waals surface area contributed by atoms with Gasteiger partial charge in [-0.25, -0.2) is 4.98 Å². The van der Waals surface area contributed by atoms with E-state index in [1.165, 1.54) is 36.8 Å². The van der Waals surface area contributed by atoms with Gasteiger partial charge in [-0.2, -0.15) is 0 Å². The molecule has 2 aromatic rings. The van der Waals surface area contributed by atoms with E-state index in [9.17, 15) is 0 Å². The van der Waals surface area contributed by atoms with E-state index in [1.807, 2.05) is 13.2 Å². The number of aromatic nitrogens is 1. The van der Waals surface area contributed by atoms with E-state index in [1.54, 1.807) is 0 Å². The maximum Gasteiger partial charge on any atom is 0.191 e. The summed E-state index contributed by atoms with van der Waals surface area (Å²) in [6.45, 7) is 6.27. The lowest BCUT2D eigenvalue weighted by Gasteiger charge is -2.33. The summed E-state index contributed by atoms with van der Waals surface area (Å²) >= 11 is 0. The number of anilines is 1. The van der Waals surface area contributed by atoms with Gasteiger partial charge in [0.2, 0.25) is 0 Å². The lowest BCUT2D eigenvalue weighted by atomic mass is 10.0. The van der Waals surface area contributed by atoms with Crippen LogP contribution in [0.4, 0.5) is 5.82 Å². The zero-order chi connectivity index (χ0) is 22.0. The van der Waals surface area contributed by atoms with Crippen LogP contribution in [0.1, 0.15) is 49.7 Å². The number of rotatable bonds is 6. The molecule has 0 atom stereocenters. The molecule has 32 heavy (non-hydrogen) atoms. The summed E-state index contributed by atoms with van der Waals surface area (Å²) in [5, 5.41) is 7.08. The van der Waals surface area contributed by atoms with Crippen molar-refractivity contribution >= 4 is 11.8 Å². The molecule has 2 aliphatic rings. The standard InChI is InChI=1S/C26H38N6/c1-27-26(30-24-13-17-31(18-14-24)21-22-9-5-4-6-10-22)29-20-23-11-12-25(28-19-23)32-15-7-2-3-8-16-32/h4-6,9-12,19,24H,2-3,7-8,13-18,20-21H2,1H3,(H2,27,29,30). The third-order valence-electron chi connectivity index (χ3n) is 6.60. The quantitative estimate of drug-likeness (QED) is 0.535. The summed E-state index contributed by atoms with van der Waals surface area (Å²) in [4.78, 5) is 14.1. The highest BCUT2D eigenvalue weighted by Crippen LogP contribution is 2.17. The average molecular weight is 435 g/mol. The van der Waals surface area contributed by atoms with Gasteiger partial charge in [0.1, 0.15) is 5.82 Å². The molecule has 0 amide bonds. The number of guanidine groups is 1. The molecule has 2 saturated heterocycles. The van der Waals surface area contributed by atoms with Crippen molar-refractivity contribution < 1.29 is 0 Å². The largest absolute Gasteiger partial charge is 0.357 e. The summed E-state index contributed by atoms with van der Waals surface area (Å²) in [6.07, 6.45) is 9.52. The third kappa shape index (κ3) is 6.70. The number of pyridine rings is 1. The topological polar surface area (TPSA) is 55.8 Å². The SMILES string of the molecule is CN=C(NCc1ccc(N2CCCCCC2)nc1)NC1CCN(Cc2ccccc2)CC1. The number of aliphatic imine (C=N–C) groups is 1. The van der Waals surface area contributed by atoms with E-state index in [-0.39, 0.29) is 0 Å². The predicted molar refractivity (Wildman–Crippen MR) is 133 cm³/mol. The lowest BCUT2D eigenvalue weighted by Crippen LogP contribution is -2.48. The Morgan fingerprint density at radius 1 is 0.938 bits per heavy atom. The molecule has 6 nitrogen and oxygen atoms in total. The lowest BCUT2D eigenvalue weighted by molar-refractivity contribution is 0.198. The van der Waals surface area contributed by atoms with Crippen molar-refractivity contribution in [2.75, 3.05) is 38.1 Å². The number of piperidine rings is 1. The van der Waals surface area contributed by atoms with Crippen molar-refractivity contribution in [3.05, 3.63) is 59.8 Å². The van der Waals surface area contributed by atoms with E-state index in [2.05, 4.69) is 67.9 Å². The van der Waals surface area contributed by atoms with Gasteiger partial charge < -0.3 is 15.5 Å². The van der Waals surface area contributed by atoms with Crippen LogP contribution in [0.15, 0.2) is 53.7 Å². The van der Waals surface area contributed by atoms with Gasteiger partial charge in [-0.15, -0.1) is 0 Å². The molecule has 0 bridgehead atoms. The average Bonchev–Trinajstić information content (AvgIpc) is 3.13. The second kappa shape index (κ2) is 11.9.